The summed E-state index contributed by atoms with van der Waals surface area (Å²) in [6, 6.07) is 14.2. The Hall–Kier alpha value is -3.39. The Bertz CT molecular complexity index is 1070. The fourth-order valence-electron chi connectivity index (χ4n) is 3.33. The number of anilines is 1. The maximum atomic E-state index is 13.2. The molecule has 32 heavy (non-hydrogen) atoms. The number of amides is 2. The second-order valence-electron chi connectivity index (χ2n) is 8.79. The molecule has 0 saturated heterocycles. The number of hydrogen-bond donors (Lipinski definition) is 2. The van der Waals surface area contributed by atoms with Crippen molar-refractivity contribution < 1.29 is 14.3 Å². The largest absolute Gasteiger partial charge is 0.497 e. The predicted octanol–water partition coefficient (Wildman–Crippen LogP) is 3.01. The molecule has 0 aliphatic carbocycles. The molecule has 0 saturated carbocycles. The number of nitrogens with zero attached hydrogens (tertiary/aromatic N) is 2. The van der Waals surface area contributed by atoms with Crippen molar-refractivity contribution >= 4 is 30.8 Å². The summed E-state index contributed by atoms with van der Waals surface area (Å²) in [6.07, 6.45) is 3.56. The van der Waals surface area contributed by atoms with E-state index in [2.05, 4.69) is 47.5 Å². The van der Waals surface area contributed by atoms with Crippen molar-refractivity contribution in [3.05, 3.63) is 72.1 Å². The lowest BCUT2D eigenvalue weighted by molar-refractivity contribution is -0.126. The molecule has 3 rings (SSSR count). The average molecular weight is 451 g/mol. The van der Waals surface area contributed by atoms with Crippen LogP contribution in [0.15, 0.2) is 60.9 Å². The van der Waals surface area contributed by atoms with Crippen LogP contribution in [0.1, 0.15) is 17.2 Å². The summed E-state index contributed by atoms with van der Waals surface area (Å²) in [6.45, 7) is 6.83. The molecule has 0 radical (unpaired) electrons. The number of methoxy groups -OCH3 is 1. The first-order valence-electron chi connectivity index (χ1n) is 10.5. The zero-order chi connectivity index (χ0) is 23.3. The number of hydrogen-bond acceptors (Lipinski definition) is 4. The normalized spacial score (nSPS) is 12.2. The van der Waals surface area contributed by atoms with E-state index in [0.717, 1.165) is 5.56 Å². The molecule has 2 amide bonds. The van der Waals surface area contributed by atoms with Crippen molar-refractivity contribution in [2.75, 3.05) is 12.4 Å². The summed E-state index contributed by atoms with van der Waals surface area (Å²) in [7, 11) is 1.95. The van der Waals surface area contributed by atoms with Gasteiger partial charge in [0, 0.05) is 18.9 Å². The minimum Gasteiger partial charge on any atom is -0.497 e. The highest BCUT2D eigenvalue weighted by molar-refractivity contribution is 6.88. The Morgan fingerprint density at radius 1 is 1.06 bits per heavy atom. The van der Waals surface area contributed by atoms with E-state index in [-0.39, 0.29) is 18.2 Å². The van der Waals surface area contributed by atoms with Gasteiger partial charge < -0.3 is 15.4 Å². The number of aryl methyl sites for hydroxylation is 1. The van der Waals surface area contributed by atoms with Gasteiger partial charge in [0.1, 0.15) is 11.8 Å². The number of carbonyl (C=O) groups excluding carboxylic acids is 2. The quantitative estimate of drug-likeness (QED) is 0.517. The van der Waals surface area contributed by atoms with Crippen molar-refractivity contribution in [1.29, 1.82) is 0 Å². The van der Waals surface area contributed by atoms with Crippen molar-refractivity contribution in [3.8, 4) is 5.75 Å². The van der Waals surface area contributed by atoms with Gasteiger partial charge in [-0.1, -0.05) is 49.1 Å². The number of nitrogens with one attached hydrogen (secondary N) is 2. The monoisotopic (exact) mass is 450 g/mol. The number of benzene rings is 2. The Balaban J connectivity index is 1.78. The Morgan fingerprint density at radius 3 is 2.25 bits per heavy atom. The van der Waals surface area contributed by atoms with Gasteiger partial charge in [0.2, 0.25) is 5.91 Å². The maximum Gasteiger partial charge on any atom is 0.251 e. The van der Waals surface area contributed by atoms with E-state index in [4.69, 9.17) is 4.74 Å². The van der Waals surface area contributed by atoms with E-state index in [9.17, 15) is 9.59 Å². The van der Waals surface area contributed by atoms with Gasteiger partial charge in [0.25, 0.3) is 5.91 Å². The van der Waals surface area contributed by atoms with Crippen molar-refractivity contribution in [3.63, 3.8) is 0 Å². The van der Waals surface area contributed by atoms with Gasteiger partial charge in [-0.3, -0.25) is 14.3 Å². The summed E-state index contributed by atoms with van der Waals surface area (Å²) in [4.78, 5) is 25.9. The molecular formula is C24H30N4O3Si. The number of carbonyl (C=O) groups is 2. The second kappa shape index (κ2) is 9.82. The van der Waals surface area contributed by atoms with Crippen molar-refractivity contribution in [2.24, 2.45) is 7.05 Å². The number of ether oxygens (including phenoxy) is 1. The minimum atomic E-state index is -1.43. The van der Waals surface area contributed by atoms with Gasteiger partial charge in [-0.05, 0) is 35.4 Å². The van der Waals surface area contributed by atoms with Crippen molar-refractivity contribution in [1.82, 2.24) is 15.1 Å². The van der Waals surface area contributed by atoms with Crippen LogP contribution < -0.4 is 20.6 Å². The van der Waals surface area contributed by atoms with Crippen LogP contribution in [0, 0.1) is 0 Å². The summed E-state index contributed by atoms with van der Waals surface area (Å²) < 4.78 is 6.85. The van der Waals surface area contributed by atoms with E-state index >= 15 is 0 Å². The molecule has 168 valence electrons. The summed E-state index contributed by atoms with van der Waals surface area (Å²) >= 11 is 0. The van der Waals surface area contributed by atoms with Crippen LogP contribution in [-0.4, -0.2) is 36.8 Å². The van der Waals surface area contributed by atoms with Crippen LogP contribution in [0.2, 0.25) is 19.6 Å². The first kappa shape index (κ1) is 23.3. The lowest BCUT2D eigenvalue weighted by atomic mass is 10.0. The minimum absolute atomic E-state index is 0.138. The van der Waals surface area contributed by atoms with Gasteiger partial charge in [0.05, 0.1) is 27.8 Å². The first-order chi connectivity index (χ1) is 15.2. The SMILES string of the molecule is COc1ccc(C(NC(=O)Cc2cnn(C)c2)C(=O)Nc2ccc([Si](C)(C)C)cc2)cc1. The molecule has 0 fully saturated rings. The summed E-state index contributed by atoms with van der Waals surface area (Å²) in [5.74, 6) is 0.107. The van der Waals surface area contributed by atoms with E-state index in [1.807, 2.05) is 12.1 Å². The second-order valence-corrected chi connectivity index (χ2v) is 13.9. The lowest BCUT2D eigenvalue weighted by Gasteiger charge is -2.20. The molecule has 1 atom stereocenters. The van der Waals surface area contributed by atoms with E-state index in [0.29, 0.717) is 17.0 Å². The molecule has 0 aliphatic rings. The van der Waals surface area contributed by atoms with E-state index in [1.165, 1.54) is 5.19 Å². The summed E-state index contributed by atoms with van der Waals surface area (Å²) in [5, 5.41) is 11.2. The fourth-order valence-corrected chi connectivity index (χ4v) is 4.49. The molecule has 7 nitrogen and oxygen atoms in total. The van der Waals surface area contributed by atoms with Crippen LogP contribution in [-0.2, 0) is 23.1 Å². The lowest BCUT2D eigenvalue weighted by Crippen LogP contribution is -2.38. The predicted molar refractivity (Wildman–Crippen MR) is 129 cm³/mol. The highest BCUT2D eigenvalue weighted by atomic mass is 28.3. The van der Waals surface area contributed by atoms with Crippen molar-refractivity contribution in [2.45, 2.75) is 32.1 Å². The maximum absolute atomic E-state index is 13.2. The number of aromatic nitrogens is 2. The molecule has 3 aromatic rings. The molecule has 0 aliphatic heterocycles. The molecule has 8 heteroatoms. The number of rotatable bonds is 8. The summed E-state index contributed by atoms with van der Waals surface area (Å²) in [5.41, 5.74) is 2.14. The van der Waals surface area contributed by atoms with Crippen LogP contribution in [0.5, 0.6) is 5.75 Å². The molecule has 2 aromatic carbocycles. The molecule has 0 spiro atoms. The Morgan fingerprint density at radius 2 is 1.72 bits per heavy atom. The standard InChI is InChI=1S/C24H30N4O3Si/c1-28-16-17(15-25-28)14-22(29)27-23(18-6-10-20(31-2)11-7-18)24(30)26-19-8-12-21(13-9-19)32(3,4)5/h6-13,15-16,23H,14H2,1-5H3,(H,26,30)(H,27,29). The average Bonchev–Trinajstić information content (AvgIpc) is 3.16. The van der Waals surface area contributed by atoms with Gasteiger partial charge in [0.15, 0.2) is 0 Å². The first-order valence-corrected chi connectivity index (χ1v) is 14.0. The van der Waals surface area contributed by atoms with Gasteiger partial charge in [-0.2, -0.15) is 5.10 Å². The molecule has 1 heterocycles. The Kier molecular flexibility index (Phi) is 7.14. The molecule has 2 N–H and O–H groups in total. The molecule has 1 unspecified atom stereocenters. The van der Waals surface area contributed by atoms with Crippen LogP contribution in [0.4, 0.5) is 5.69 Å². The van der Waals surface area contributed by atoms with Crippen LogP contribution in [0.25, 0.3) is 0 Å². The van der Waals surface area contributed by atoms with Gasteiger partial charge >= 0.3 is 0 Å². The fraction of sp³-hybridized carbons (Fsp3) is 0.292. The topological polar surface area (TPSA) is 85.2 Å². The molecular weight excluding hydrogens is 420 g/mol. The smallest absolute Gasteiger partial charge is 0.251 e. The van der Waals surface area contributed by atoms with Gasteiger partial charge in [-0.25, -0.2) is 0 Å². The van der Waals surface area contributed by atoms with Gasteiger partial charge in [-0.15, -0.1) is 0 Å². The van der Waals surface area contributed by atoms with E-state index < -0.39 is 14.1 Å². The third-order valence-corrected chi connectivity index (χ3v) is 7.22. The van der Waals surface area contributed by atoms with Crippen LogP contribution >= 0.6 is 0 Å². The Labute approximate surface area is 189 Å². The third-order valence-electron chi connectivity index (χ3n) is 5.16. The third kappa shape index (κ3) is 6.07. The molecule has 1 aromatic heterocycles. The zero-order valence-electron chi connectivity index (χ0n) is 19.2. The zero-order valence-corrected chi connectivity index (χ0v) is 20.2. The van der Waals surface area contributed by atoms with Crippen LogP contribution in [0.3, 0.4) is 0 Å². The highest BCUT2D eigenvalue weighted by Crippen LogP contribution is 2.20. The highest BCUT2D eigenvalue weighted by Gasteiger charge is 2.24. The molecule has 0 bridgehead atoms. The van der Waals surface area contributed by atoms with E-state index in [1.54, 1.807) is 55.5 Å².